The Kier molecular flexibility index (Phi) is 5.74. The van der Waals surface area contributed by atoms with Crippen LogP contribution in [0.5, 0.6) is 0 Å². The lowest BCUT2D eigenvalue weighted by Gasteiger charge is -2.35. The van der Waals surface area contributed by atoms with Crippen molar-refractivity contribution in [2.75, 3.05) is 31.1 Å². The lowest BCUT2D eigenvalue weighted by Crippen LogP contribution is -2.48. The van der Waals surface area contributed by atoms with Crippen LogP contribution < -0.4 is 10.4 Å². The second-order valence-corrected chi connectivity index (χ2v) is 9.03. The van der Waals surface area contributed by atoms with E-state index in [1.165, 1.54) is 28.0 Å². The maximum Gasteiger partial charge on any atom is 0.293 e. The first-order valence-corrected chi connectivity index (χ1v) is 11.1. The molecule has 12 heteroatoms. The minimum atomic E-state index is -3.81. The maximum absolute atomic E-state index is 13.3. The predicted molar refractivity (Wildman–Crippen MR) is 115 cm³/mol. The van der Waals surface area contributed by atoms with Crippen LogP contribution in [0.1, 0.15) is 10.4 Å². The van der Waals surface area contributed by atoms with Gasteiger partial charge in [-0.25, -0.2) is 13.9 Å². The molecule has 166 valence electrons. The SMILES string of the molecule is O=C(NO)c1ccc(N2CCN(S(=O)(=O)c3cccc4cccnc34)CC2)c([N+](=O)[O-])c1. The van der Waals surface area contributed by atoms with Gasteiger partial charge in [-0.05, 0) is 24.3 Å². The number of pyridine rings is 1. The molecular formula is C20H19N5O6S. The fourth-order valence-electron chi connectivity index (χ4n) is 3.74. The Bertz CT molecular complexity index is 1300. The molecule has 2 aromatic carbocycles. The number of nitrogens with zero attached hydrogens (tertiary/aromatic N) is 4. The van der Waals surface area contributed by atoms with Crippen LogP contribution in [0.2, 0.25) is 0 Å². The van der Waals surface area contributed by atoms with Gasteiger partial charge in [0, 0.05) is 49.4 Å². The summed E-state index contributed by atoms with van der Waals surface area (Å²) < 4.78 is 27.9. The average Bonchev–Trinajstić information content (AvgIpc) is 2.82. The molecule has 3 aromatic rings. The lowest BCUT2D eigenvalue weighted by atomic mass is 10.1. The third-order valence-electron chi connectivity index (χ3n) is 5.33. The highest BCUT2D eigenvalue weighted by Crippen LogP contribution is 2.31. The van der Waals surface area contributed by atoms with Gasteiger partial charge >= 0.3 is 0 Å². The number of piperazine rings is 1. The molecule has 0 atom stereocenters. The van der Waals surface area contributed by atoms with E-state index in [1.807, 2.05) is 0 Å². The lowest BCUT2D eigenvalue weighted by molar-refractivity contribution is -0.384. The van der Waals surface area contributed by atoms with Crippen molar-refractivity contribution in [2.24, 2.45) is 0 Å². The van der Waals surface area contributed by atoms with Crippen molar-refractivity contribution < 1.29 is 23.3 Å². The van der Waals surface area contributed by atoms with Gasteiger partial charge in [-0.2, -0.15) is 4.31 Å². The molecule has 1 amide bonds. The van der Waals surface area contributed by atoms with Gasteiger partial charge in [0.2, 0.25) is 10.0 Å². The van der Waals surface area contributed by atoms with Crippen LogP contribution >= 0.6 is 0 Å². The Morgan fingerprint density at radius 2 is 1.81 bits per heavy atom. The monoisotopic (exact) mass is 457 g/mol. The number of hydrogen-bond acceptors (Lipinski definition) is 8. The van der Waals surface area contributed by atoms with E-state index in [1.54, 1.807) is 35.4 Å². The number of carbonyl (C=O) groups is 1. The number of para-hydroxylation sites is 1. The number of anilines is 1. The van der Waals surface area contributed by atoms with Crippen molar-refractivity contribution >= 4 is 38.2 Å². The fourth-order valence-corrected chi connectivity index (χ4v) is 5.32. The molecule has 4 rings (SSSR count). The van der Waals surface area contributed by atoms with E-state index < -0.39 is 20.9 Å². The molecule has 0 aliphatic carbocycles. The molecule has 2 N–H and O–H groups in total. The fraction of sp³-hybridized carbons (Fsp3) is 0.200. The Labute approximate surface area is 183 Å². The van der Waals surface area contributed by atoms with Crippen molar-refractivity contribution in [1.29, 1.82) is 0 Å². The van der Waals surface area contributed by atoms with E-state index >= 15 is 0 Å². The molecule has 1 saturated heterocycles. The van der Waals surface area contributed by atoms with Crippen molar-refractivity contribution in [2.45, 2.75) is 4.90 Å². The van der Waals surface area contributed by atoms with Crippen LogP contribution in [-0.4, -0.2) is 59.9 Å². The molecule has 1 aromatic heterocycles. The quantitative estimate of drug-likeness (QED) is 0.335. The standard InChI is InChI=1S/C20H19N5O6S/c26-20(22-27)15-6-7-16(17(13-15)25(28)29)23-9-11-24(12-10-23)32(30,31)18-5-1-3-14-4-2-8-21-19(14)18/h1-8,13,27H,9-12H2,(H,22,26). The third-order valence-corrected chi connectivity index (χ3v) is 7.26. The molecule has 32 heavy (non-hydrogen) atoms. The smallest absolute Gasteiger partial charge is 0.293 e. The minimum absolute atomic E-state index is 0.0624. The molecule has 1 aliphatic rings. The van der Waals surface area contributed by atoms with Crippen LogP contribution in [-0.2, 0) is 10.0 Å². The Morgan fingerprint density at radius 3 is 2.50 bits per heavy atom. The summed E-state index contributed by atoms with van der Waals surface area (Å²) in [5.74, 6) is -0.862. The van der Waals surface area contributed by atoms with Crippen molar-refractivity contribution in [3.05, 3.63) is 70.4 Å². The summed E-state index contributed by atoms with van der Waals surface area (Å²) in [4.78, 5) is 28.5. The first-order chi connectivity index (χ1) is 15.3. The van der Waals surface area contributed by atoms with Gasteiger partial charge in [-0.1, -0.05) is 18.2 Å². The molecule has 2 heterocycles. The van der Waals surface area contributed by atoms with E-state index in [0.717, 1.165) is 11.5 Å². The molecular weight excluding hydrogens is 438 g/mol. The zero-order valence-electron chi connectivity index (χ0n) is 16.7. The van der Waals surface area contributed by atoms with E-state index in [4.69, 9.17) is 5.21 Å². The molecule has 0 saturated carbocycles. The number of fused-ring (bicyclic) bond motifs is 1. The summed E-state index contributed by atoms with van der Waals surface area (Å²) >= 11 is 0. The Morgan fingerprint density at radius 1 is 1.09 bits per heavy atom. The number of carbonyl (C=O) groups excluding carboxylic acids is 1. The van der Waals surface area contributed by atoms with Crippen LogP contribution in [0.4, 0.5) is 11.4 Å². The van der Waals surface area contributed by atoms with E-state index in [9.17, 15) is 23.3 Å². The number of nitro benzene ring substituents is 1. The minimum Gasteiger partial charge on any atom is -0.363 e. The molecule has 0 radical (unpaired) electrons. The van der Waals surface area contributed by atoms with Gasteiger partial charge < -0.3 is 4.90 Å². The van der Waals surface area contributed by atoms with Gasteiger partial charge in [-0.15, -0.1) is 0 Å². The number of amides is 1. The molecule has 1 fully saturated rings. The normalized spacial score (nSPS) is 15.0. The summed E-state index contributed by atoms with van der Waals surface area (Å²) in [6.07, 6.45) is 1.54. The van der Waals surface area contributed by atoms with E-state index in [2.05, 4.69) is 4.98 Å². The Hall–Kier alpha value is -3.61. The number of nitrogens with one attached hydrogen (secondary N) is 1. The Balaban J connectivity index is 1.58. The summed E-state index contributed by atoms with van der Waals surface area (Å²) in [5.41, 5.74) is 1.74. The number of sulfonamides is 1. The van der Waals surface area contributed by atoms with Crippen LogP contribution in [0.25, 0.3) is 10.9 Å². The number of aromatic nitrogens is 1. The molecule has 0 spiro atoms. The van der Waals surface area contributed by atoms with Crippen LogP contribution in [0.3, 0.4) is 0 Å². The highest BCUT2D eigenvalue weighted by Gasteiger charge is 2.32. The highest BCUT2D eigenvalue weighted by molar-refractivity contribution is 7.89. The first kappa shape index (κ1) is 21.6. The maximum atomic E-state index is 13.3. The molecule has 0 unspecified atom stereocenters. The van der Waals surface area contributed by atoms with E-state index in [0.29, 0.717) is 5.52 Å². The first-order valence-electron chi connectivity index (χ1n) is 9.64. The van der Waals surface area contributed by atoms with Gasteiger partial charge in [0.15, 0.2) is 0 Å². The molecule has 11 nitrogen and oxygen atoms in total. The average molecular weight is 457 g/mol. The zero-order valence-corrected chi connectivity index (χ0v) is 17.5. The van der Waals surface area contributed by atoms with Gasteiger partial charge in [0.25, 0.3) is 11.6 Å². The summed E-state index contributed by atoms with van der Waals surface area (Å²) in [6, 6.07) is 12.4. The highest BCUT2D eigenvalue weighted by atomic mass is 32.2. The molecule has 0 bridgehead atoms. The largest absolute Gasteiger partial charge is 0.363 e. The van der Waals surface area contributed by atoms with E-state index in [-0.39, 0.29) is 48.0 Å². The number of nitro groups is 1. The summed E-state index contributed by atoms with van der Waals surface area (Å²) in [6.45, 7) is 0.705. The van der Waals surface area contributed by atoms with Gasteiger partial charge in [-0.3, -0.25) is 25.1 Å². The summed E-state index contributed by atoms with van der Waals surface area (Å²) in [5, 5.41) is 21.0. The van der Waals surface area contributed by atoms with Gasteiger partial charge in [0.1, 0.15) is 10.6 Å². The number of hydroxylamine groups is 1. The third kappa shape index (κ3) is 3.86. The summed E-state index contributed by atoms with van der Waals surface area (Å²) in [7, 11) is -3.81. The number of rotatable bonds is 5. The van der Waals surface area contributed by atoms with Crippen molar-refractivity contribution in [3.8, 4) is 0 Å². The zero-order chi connectivity index (χ0) is 22.9. The van der Waals surface area contributed by atoms with Crippen molar-refractivity contribution in [1.82, 2.24) is 14.8 Å². The number of hydrogen-bond donors (Lipinski definition) is 2. The van der Waals surface area contributed by atoms with Crippen molar-refractivity contribution in [3.63, 3.8) is 0 Å². The number of benzene rings is 2. The molecule has 1 aliphatic heterocycles. The predicted octanol–water partition coefficient (Wildman–Crippen LogP) is 1.77. The van der Waals surface area contributed by atoms with Crippen LogP contribution in [0, 0.1) is 10.1 Å². The van der Waals surface area contributed by atoms with Crippen LogP contribution in [0.15, 0.2) is 59.6 Å². The second kappa shape index (κ2) is 8.49. The van der Waals surface area contributed by atoms with Gasteiger partial charge in [0.05, 0.1) is 10.4 Å². The topological polar surface area (TPSA) is 146 Å². The second-order valence-electron chi connectivity index (χ2n) is 7.12.